The van der Waals surface area contributed by atoms with E-state index in [0.717, 1.165) is 22.7 Å². The molecule has 0 aromatic heterocycles. The van der Waals surface area contributed by atoms with Crippen LogP contribution in [0, 0.1) is 6.92 Å². The van der Waals surface area contributed by atoms with Crippen LogP contribution in [0.2, 0.25) is 0 Å². The van der Waals surface area contributed by atoms with Crippen molar-refractivity contribution >= 4 is 5.69 Å². The Hall–Kier alpha value is -1.46. The van der Waals surface area contributed by atoms with E-state index in [1.54, 1.807) is 0 Å². The third-order valence-electron chi connectivity index (χ3n) is 2.86. The Balaban J connectivity index is 2.20. The Morgan fingerprint density at radius 3 is 2.71 bits per heavy atom. The number of benzene rings is 1. The number of hydrogen-bond donors (Lipinski definition) is 2. The molecule has 0 amide bonds. The Morgan fingerprint density at radius 1 is 1.41 bits per heavy atom. The van der Waals surface area contributed by atoms with E-state index < -0.39 is 6.10 Å². The molecule has 0 saturated carbocycles. The van der Waals surface area contributed by atoms with Crippen LogP contribution in [-0.2, 0) is 0 Å². The largest absolute Gasteiger partial charge is 0.454 e. The lowest BCUT2D eigenvalue weighted by molar-refractivity contribution is 0.174. The Bertz CT molecular complexity index is 409. The molecule has 0 fully saturated rings. The van der Waals surface area contributed by atoms with Gasteiger partial charge in [-0.3, -0.25) is 0 Å². The maximum Gasteiger partial charge on any atom is 0.231 e. The zero-order chi connectivity index (χ0) is 12.4. The molecule has 1 atom stereocenters. The summed E-state index contributed by atoms with van der Waals surface area (Å²) in [6.45, 7) is 3.03. The number of aliphatic hydroxyl groups excluding tert-OH is 1. The van der Waals surface area contributed by atoms with Crippen molar-refractivity contribution in [1.82, 2.24) is 0 Å². The molecule has 0 spiro atoms. The van der Waals surface area contributed by atoms with Crippen molar-refractivity contribution in [1.29, 1.82) is 0 Å². The minimum atomic E-state index is -0.523. The summed E-state index contributed by atoms with van der Waals surface area (Å²) >= 11 is 0. The fraction of sp³-hybridized carbons (Fsp3) is 0.500. The summed E-state index contributed by atoms with van der Waals surface area (Å²) in [6, 6.07) is 3.88. The van der Waals surface area contributed by atoms with Crippen molar-refractivity contribution < 1.29 is 14.6 Å². The van der Waals surface area contributed by atoms with Gasteiger partial charge in [-0.05, 0) is 18.6 Å². The van der Waals surface area contributed by atoms with Crippen LogP contribution in [0.15, 0.2) is 12.1 Å². The van der Waals surface area contributed by atoms with Crippen molar-refractivity contribution in [3.05, 3.63) is 17.7 Å². The van der Waals surface area contributed by atoms with E-state index in [0.29, 0.717) is 6.54 Å². The summed E-state index contributed by atoms with van der Waals surface area (Å²) in [5.41, 5.74) is 7.51. The quantitative estimate of drug-likeness (QED) is 0.798. The summed E-state index contributed by atoms with van der Waals surface area (Å²) < 4.78 is 10.6. The van der Waals surface area contributed by atoms with Crippen LogP contribution < -0.4 is 20.1 Å². The molecule has 1 aromatic carbocycles. The highest BCUT2D eigenvalue weighted by atomic mass is 16.7. The van der Waals surface area contributed by atoms with E-state index in [2.05, 4.69) is 0 Å². The molecule has 1 heterocycles. The van der Waals surface area contributed by atoms with Gasteiger partial charge in [0.1, 0.15) is 0 Å². The van der Waals surface area contributed by atoms with E-state index in [-0.39, 0.29) is 13.3 Å². The smallest absolute Gasteiger partial charge is 0.231 e. The summed E-state index contributed by atoms with van der Waals surface area (Å²) in [5, 5.41) is 9.55. The summed E-state index contributed by atoms with van der Waals surface area (Å²) in [6.07, 6.45) is -0.523. The van der Waals surface area contributed by atoms with Gasteiger partial charge in [0.25, 0.3) is 0 Å². The first-order valence-corrected chi connectivity index (χ1v) is 5.61. The molecule has 1 aromatic rings. The molecule has 2 rings (SSSR count). The second-order valence-corrected chi connectivity index (χ2v) is 4.26. The minimum absolute atomic E-state index is 0.258. The maximum absolute atomic E-state index is 9.55. The number of rotatable bonds is 4. The summed E-state index contributed by atoms with van der Waals surface area (Å²) in [5.74, 6) is 1.53. The van der Waals surface area contributed by atoms with Crippen molar-refractivity contribution in [2.45, 2.75) is 13.0 Å². The molecule has 0 bridgehead atoms. The number of aryl methyl sites for hydroxylation is 1. The van der Waals surface area contributed by atoms with Crippen molar-refractivity contribution in [2.24, 2.45) is 5.73 Å². The number of nitrogens with zero attached hydrogens (tertiary/aromatic N) is 1. The van der Waals surface area contributed by atoms with Gasteiger partial charge in [-0.25, -0.2) is 0 Å². The highest BCUT2D eigenvalue weighted by Crippen LogP contribution is 2.37. The predicted molar refractivity (Wildman–Crippen MR) is 65.6 cm³/mol. The van der Waals surface area contributed by atoms with Crippen LogP contribution in [0.25, 0.3) is 0 Å². The maximum atomic E-state index is 9.55. The van der Waals surface area contributed by atoms with Gasteiger partial charge in [-0.15, -0.1) is 0 Å². The van der Waals surface area contributed by atoms with Crippen LogP contribution in [0.5, 0.6) is 11.5 Å². The molecule has 0 saturated heterocycles. The molecule has 17 heavy (non-hydrogen) atoms. The highest BCUT2D eigenvalue weighted by molar-refractivity contribution is 5.62. The molecule has 0 radical (unpaired) electrons. The summed E-state index contributed by atoms with van der Waals surface area (Å²) in [7, 11) is 1.92. The number of likely N-dealkylation sites (N-methyl/N-ethyl adjacent to an activating group) is 1. The van der Waals surface area contributed by atoms with Gasteiger partial charge >= 0.3 is 0 Å². The SMILES string of the molecule is Cc1cc2c(cc1N(C)CC(O)CN)OCO2. The van der Waals surface area contributed by atoms with Gasteiger partial charge in [0.2, 0.25) is 6.79 Å². The Morgan fingerprint density at radius 2 is 2.06 bits per heavy atom. The van der Waals surface area contributed by atoms with Crippen molar-refractivity contribution in [3.63, 3.8) is 0 Å². The standard InChI is InChI=1S/C12H18N2O3/c1-8-3-11-12(17-7-16-11)4-10(8)14(2)6-9(15)5-13/h3-4,9,15H,5-7,13H2,1-2H3. The fourth-order valence-corrected chi connectivity index (χ4v) is 1.93. The van der Waals surface area contributed by atoms with E-state index in [4.69, 9.17) is 15.2 Å². The molecule has 1 unspecified atom stereocenters. The second kappa shape index (κ2) is 4.81. The van der Waals surface area contributed by atoms with Crippen molar-refractivity contribution in [2.75, 3.05) is 31.8 Å². The number of hydrogen-bond acceptors (Lipinski definition) is 5. The number of ether oxygens (including phenoxy) is 2. The molecule has 5 nitrogen and oxygen atoms in total. The molecule has 5 heteroatoms. The minimum Gasteiger partial charge on any atom is -0.454 e. The first-order chi connectivity index (χ1) is 8.11. The van der Waals surface area contributed by atoms with Gasteiger partial charge in [0.15, 0.2) is 11.5 Å². The molecule has 0 aliphatic carbocycles. The van der Waals surface area contributed by atoms with Crippen LogP contribution >= 0.6 is 0 Å². The second-order valence-electron chi connectivity index (χ2n) is 4.26. The Kier molecular flexibility index (Phi) is 3.40. The average molecular weight is 238 g/mol. The van der Waals surface area contributed by atoms with Gasteiger partial charge < -0.3 is 25.2 Å². The number of aliphatic hydroxyl groups is 1. The number of anilines is 1. The van der Waals surface area contributed by atoms with E-state index in [9.17, 15) is 5.11 Å². The third-order valence-corrected chi connectivity index (χ3v) is 2.86. The topological polar surface area (TPSA) is 68.0 Å². The highest BCUT2D eigenvalue weighted by Gasteiger charge is 2.18. The summed E-state index contributed by atoms with van der Waals surface area (Å²) in [4.78, 5) is 1.97. The van der Waals surface area contributed by atoms with Crippen LogP contribution in [0.4, 0.5) is 5.69 Å². The van der Waals surface area contributed by atoms with Gasteiger partial charge in [-0.2, -0.15) is 0 Å². The van der Waals surface area contributed by atoms with E-state index in [1.807, 2.05) is 31.0 Å². The Labute approximate surface area is 101 Å². The van der Waals surface area contributed by atoms with Gasteiger partial charge in [0.05, 0.1) is 6.10 Å². The number of fused-ring (bicyclic) bond motifs is 1. The lowest BCUT2D eigenvalue weighted by Gasteiger charge is -2.24. The average Bonchev–Trinajstić information content (AvgIpc) is 2.74. The first-order valence-electron chi connectivity index (χ1n) is 5.61. The molecule has 94 valence electrons. The first kappa shape index (κ1) is 12.0. The zero-order valence-corrected chi connectivity index (χ0v) is 10.1. The van der Waals surface area contributed by atoms with Gasteiger partial charge in [-0.1, -0.05) is 0 Å². The third kappa shape index (κ3) is 2.45. The van der Waals surface area contributed by atoms with Crippen molar-refractivity contribution in [3.8, 4) is 11.5 Å². The molecule has 1 aliphatic rings. The van der Waals surface area contributed by atoms with Crippen LogP contribution in [-0.4, -0.2) is 38.1 Å². The zero-order valence-electron chi connectivity index (χ0n) is 10.1. The van der Waals surface area contributed by atoms with E-state index in [1.165, 1.54) is 0 Å². The van der Waals surface area contributed by atoms with Gasteiger partial charge in [0, 0.05) is 31.9 Å². The number of nitrogens with two attached hydrogens (primary N) is 1. The molecule has 3 N–H and O–H groups in total. The molecule has 1 aliphatic heterocycles. The molecular formula is C12H18N2O3. The fourth-order valence-electron chi connectivity index (χ4n) is 1.93. The lowest BCUT2D eigenvalue weighted by Crippen LogP contribution is -2.34. The lowest BCUT2D eigenvalue weighted by atomic mass is 10.1. The normalized spacial score (nSPS) is 14.8. The monoisotopic (exact) mass is 238 g/mol. The van der Waals surface area contributed by atoms with Crippen LogP contribution in [0.3, 0.4) is 0 Å². The van der Waals surface area contributed by atoms with Crippen LogP contribution in [0.1, 0.15) is 5.56 Å². The van der Waals surface area contributed by atoms with E-state index >= 15 is 0 Å². The predicted octanol–water partition coefficient (Wildman–Crippen LogP) is 0.480. The molecular weight excluding hydrogens is 220 g/mol.